The number of hydrogen-bond acceptors (Lipinski definition) is 1. The van der Waals surface area contributed by atoms with Crippen molar-refractivity contribution in [2.24, 2.45) is 0 Å². The molecule has 0 aliphatic carbocycles. The Bertz CT molecular complexity index is 192. The van der Waals surface area contributed by atoms with Gasteiger partial charge in [0, 0.05) is 5.88 Å². The van der Waals surface area contributed by atoms with Crippen molar-refractivity contribution in [3.63, 3.8) is 0 Å². The van der Waals surface area contributed by atoms with Gasteiger partial charge in [-0.2, -0.15) is 0 Å². The quantitative estimate of drug-likeness (QED) is 0.398. The fraction of sp³-hybridized carbons (Fsp3) is 0.400. The standard InChI is InChI=1S/C10H15ClO/c1-9(2)7-10(8-12)5-3-4-6-11/h3-4,7,12H,1,5-6,8H2,2H3/b4-3-,10-7+. The fourth-order valence-electron chi connectivity index (χ4n) is 0.815. The summed E-state index contributed by atoms with van der Waals surface area (Å²) in [4.78, 5) is 0. The minimum atomic E-state index is 0.0828. The summed E-state index contributed by atoms with van der Waals surface area (Å²) >= 11 is 5.45. The van der Waals surface area contributed by atoms with Crippen LogP contribution in [0.4, 0.5) is 0 Å². The summed E-state index contributed by atoms with van der Waals surface area (Å²) in [7, 11) is 0. The van der Waals surface area contributed by atoms with Crippen molar-refractivity contribution in [3.8, 4) is 0 Å². The minimum absolute atomic E-state index is 0.0828. The molecule has 0 rings (SSSR count). The molecule has 0 radical (unpaired) electrons. The second-order valence-corrected chi connectivity index (χ2v) is 2.95. The lowest BCUT2D eigenvalue weighted by Gasteiger charge is -1.98. The molecule has 1 N–H and O–H groups in total. The predicted molar refractivity (Wildman–Crippen MR) is 54.5 cm³/mol. The maximum atomic E-state index is 8.90. The highest BCUT2D eigenvalue weighted by molar-refractivity contribution is 6.18. The predicted octanol–water partition coefficient (Wildman–Crippen LogP) is 2.67. The summed E-state index contributed by atoms with van der Waals surface area (Å²) in [6.07, 6.45) is 6.44. The molecule has 0 saturated heterocycles. The average Bonchev–Trinajstić information content (AvgIpc) is 2.02. The van der Waals surface area contributed by atoms with Gasteiger partial charge in [0.1, 0.15) is 0 Å². The molecule has 0 unspecified atom stereocenters. The van der Waals surface area contributed by atoms with Gasteiger partial charge in [-0.3, -0.25) is 0 Å². The molecule has 0 atom stereocenters. The number of rotatable bonds is 5. The third kappa shape index (κ3) is 6.20. The first-order chi connectivity index (χ1) is 5.70. The molecule has 0 aliphatic rings. The van der Waals surface area contributed by atoms with Gasteiger partial charge in [-0.25, -0.2) is 0 Å². The lowest BCUT2D eigenvalue weighted by Crippen LogP contribution is -1.89. The molecule has 68 valence electrons. The maximum absolute atomic E-state index is 8.90. The fourth-order valence-corrected chi connectivity index (χ4v) is 0.941. The van der Waals surface area contributed by atoms with Crippen LogP contribution in [-0.4, -0.2) is 17.6 Å². The van der Waals surface area contributed by atoms with E-state index in [1.807, 2.05) is 25.2 Å². The van der Waals surface area contributed by atoms with Crippen LogP contribution in [-0.2, 0) is 0 Å². The molecule has 0 aromatic heterocycles. The monoisotopic (exact) mass is 186 g/mol. The SMILES string of the molecule is C=C(C)/C=C(/CO)C/C=C\CCl. The van der Waals surface area contributed by atoms with Crippen molar-refractivity contribution in [1.82, 2.24) is 0 Å². The van der Waals surface area contributed by atoms with Gasteiger partial charge in [0.2, 0.25) is 0 Å². The van der Waals surface area contributed by atoms with Crippen LogP contribution in [0.25, 0.3) is 0 Å². The second kappa shape index (κ2) is 7.14. The Morgan fingerprint density at radius 1 is 1.50 bits per heavy atom. The summed E-state index contributed by atoms with van der Waals surface area (Å²) in [5.74, 6) is 0.520. The van der Waals surface area contributed by atoms with E-state index in [9.17, 15) is 0 Å². The molecular formula is C10H15ClO. The molecular weight excluding hydrogens is 172 g/mol. The summed E-state index contributed by atoms with van der Waals surface area (Å²) < 4.78 is 0. The highest BCUT2D eigenvalue weighted by Crippen LogP contribution is 2.05. The molecule has 0 aromatic rings. The number of halogens is 1. The normalized spacial score (nSPS) is 12.4. The number of hydrogen-bond donors (Lipinski definition) is 1. The van der Waals surface area contributed by atoms with Crippen LogP contribution >= 0.6 is 11.6 Å². The van der Waals surface area contributed by atoms with Crippen LogP contribution in [0.3, 0.4) is 0 Å². The molecule has 0 fully saturated rings. The van der Waals surface area contributed by atoms with Crippen molar-refractivity contribution in [2.75, 3.05) is 12.5 Å². The first-order valence-corrected chi connectivity index (χ1v) is 4.41. The lowest BCUT2D eigenvalue weighted by atomic mass is 10.1. The third-order valence-corrected chi connectivity index (χ3v) is 1.47. The molecule has 1 nitrogen and oxygen atoms in total. The van der Waals surface area contributed by atoms with Gasteiger partial charge in [-0.1, -0.05) is 30.4 Å². The average molecular weight is 187 g/mol. The van der Waals surface area contributed by atoms with Crippen LogP contribution in [0.5, 0.6) is 0 Å². The number of aliphatic hydroxyl groups is 1. The Balaban J connectivity index is 3.99. The van der Waals surface area contributed by atoms with Gasteiger partial charge in [0.05, 0.1) is 6.61 Å². The molecule has 0 spiro atoms. The molecule has 0 bridgehead atoms. The van der Waals surface area contributed by atoms with E-state index in [2.05, 4.69) is 6.58 Å². The van der Waals surface area contributed by atoms with Gasteiger partial charge in [0.15, 0.2) is 0 Å². The topological polar surface area (TPSA) is 20.2 Å². The first kappa shape index (κ1) is 11.5. The van der Waals surface area contributed by atoms with Gasteiger partial charge >= 0.3 is 0 Å². The van der Waals surface area contributed by atoms with Crippen molar-refractivity contribution >= 4 is 11.6 Å². The van der Waals surface area contributed by atoms with E-state index in [0.29, 0.717) is 5.88 Å². The van der Waals surface area contributed by atoms with E-state index >= 15 is 0 Å². The highest BCUT2D eigenvalue weighted by Gasteiger charge is 1.91. The van der Waals surface area contributed by atoms with E-state index < -0.39 is 0 Å². The summed E-state index contributed by atoms with van der Waals surface area (Å²) in [6, 6.07) is 0. The highest BCUT2D eigenvalue weighted by atomic mass is 35.5. The Kier molecular flexibility index (Phi) is 6.82. The Morgan fingerprint density at radius 2 is 2.17 bits per heavy atom. The number of aliphatic hydroxyl groups excluding tert-OH is 1. The van der Waals surface area contributed by atoms with Crippen molar-refractivity contribution in [1.29, 1.82) is 0 Å². The van der Waals surface area contributed by atoms with Crippen molar-refractivity contribution in [2.45, 2.75) is 13.3 Å². The van der Waals surface area contributed by atoms with E-state index in [0.717, 1.165) is 17.6 Å². The smallest absolute Gasteiger partial charge is 0.0647 e. The molecule has 0 aromatic carbocycles. The Labute approximate surface area is 79.1 Å². The molecule has 12 heavy (non-hydrogen) atoms. The first-order valence-electron chi connectivity index (χ1n) is 3.87. The maximum Gasteiger partial charge on any atom is 0.0647 e. The van der Waals surface area contributed by atoms with Crippen LogP contribution in [0, 0.1) is 0 Å². The van der Waals surface area contributed by atoms with E-state index in [1.54, 1.807) is 0 Å². The second-order valence-electron chi connectivity index (χ2n) is 2.64. The van der Waals surface area contributed by atoms with Gasteiger partial charge in [-0.05, 0) is 18.9 Å². The van der Waals surface area contributed by atoms with Gasteiger partial charge in [-0.15, -0.1) is 11.6 Å². The molecule has 0 aliphatic heterocycles. The van der Waals surface area contributed by atoms with Crippen molar-refractivity contribution < 1.29 is 5.11 Å². The van der Waals surface area contributed by atoms with Gasteiger partial charge < -0.3 is 5.11 Å². The molecule has 0 heterocycles. The van der Waals surface area contributed by atoms with Crippen LogP contribution in [0.2, 0.25) is 0 Å². The van der Waals surface area contributed by atoms with Crippen LogP contribution < -0.4 is 0 Å². The minimum Gasteiger partial charge on any atom is -0.392 e. The largest absolute Gasteiger partial charge is 0.392 e. The molecule has 0 amide bonds. The lowest BCUT2D eigenvalue weighted by molar-refractivity contribution is 0.329. The van der Waals surface area contributed by atoms with Crippen LogP contribution in [0.15, 0.2) is 36.0 Å². The molecule has 0 saturated carbocycles. The van der Waals surface area contributed by atoms with Crippen molar-refractivity contribution in [3.05, 3.63) is 36.0 Å². The number of allylic oxidation sites excluding steroid dienone is 4. The zero-order valence-electron chi connectivity index (χ0n) is 7.39. The molecule has 2 heteroatoms. The van der Waals surface area contributed by atoms with Gasteiger partial charge in [0.25, 0.3) is 0 Å². The summed E-state index contributed by atoms with van der Waals surface area (Å²) in [6.45, 7) is 5.72. The van der Waals surface area contributed by atoms with E-state index in [1.165, 1.54) is 0 Å². The van der Waals surface area contributed by atoms with E-state index in [-0.39, 0.29) is 6.61 Å². The summed E-state index contributed by atoms with van der Waals surface area (Å²) in [5.41, 5.74) is 1.92. The summed E-state index contributed by atoms with van der Waals surface area (Å²) in [5, 5.41) is 8.90. The van der Waals surface area contributed by atoms with E-state index in [4.69, 9.17) is 16.7 Å². The Hall–Kier alpha value is -0.530. The Morgan fingerprint density at radius 3 is 2.58 bits per heavy atom. The zero-order chi connectivity index (χ0) is 9.40. The third-order valence-electron chi connectivity index (χ3n) is 1.29. The zero-order valence-corrected chi connectivity index (χ0v) is 8.14. The number of alkyl halides is 1. The van der Waals surface area contributed by atoms with Crippen LogP contribution in [0.1, 0.15) is 13.3 Å².